The smallest absolute Gasteiger partial charge is 0.189 e. The van der Waals surface area contributed by atoms with Crippen molar-refractivity contribution in [1.29, 1.82) is 0 Å². The zero-order chi connectivity index (χ0) is 13.0. The lowest BCUT2D eigenvalue weighted by atomic mass is 10.1. The van der Waals surface area contributed by atoms with Crippen molar-refractivity contribution in [3.8, 4) is 0 Å². The molecule has 2 rings (SSSR count). The van der Waals surface area contributed by atoms with E-state index in [-0.39, 0.29) is 11.6 Å². The molecule has 18 heavy (non-hydrogen) atoms. The molecule has 0 unspecified atom stereocenters. The first-order chi connectivity index (χ1) is 8.65. The SMILES string of the molecule is O=C(C=C1NCC(O)CN1)C1=CCC=C(F)C=C1. The highest BCUT2D eigenvalue weighted by molar-refractivity contribution is 6.06. The van der Waals surface area contributed by atoms with Gasteiger partial charge in [-0.25, -0.2) is 4.39 Å². The van der Waals surface area contributed by atoms with Crippen LogP contribution in [-0.2, 0) is 4.79 Å². The molecule has 0 atom stereocenters. The van der Waals surface area contributed by atoms with Crippen LogP contribution in [0.25, 0.3) is 0 Å². The highest BCUT2D eigenvalue weighted by Crippen LogP contribution is 2.13. The first-order valence-electron chi connectivity index (χ1n) is 5.81. The van der Waals surface area contributed by atoms with Crippen LogP contribution < -0.4 is 10.6 Å². The van der Waals surface area contributed by atoms with Gasteiger partial charge in [0, 0.05) is 24.7 Å². The van der Waals surface area contributed by atoms with E-state index < -0.39 is 6.10 Å². The Balaban J connectivity index is 2.02. The summed E-state index contributed by atoms with van der Waals surface area (Å²) in [6, 6.07) is 0. The number of β-amino-alcohol motifs (C(OH)–C–C–N with tert-alkyl or cyclic N) is 1. The van der Waals surface area contributed by atoms with E-state index in [4.69, 9.17) is 0 Å². The van der Waals surface area contributed by atoms with Gasteiger partial charge in [0.25, 0.3) is 0 Å². The maximum Gasteiger partial charge on any atom is 0.189 e. The van der Waals surface area contributed by atoms with Crippen molar-refractivity contribution in [1.82, 2.24) is 10.6 Å². The number of hydrogen-bond donors (Lipinski definition) is 3. The van der Waals surface area contributed by atoms with E-state index in [1.807, 2.05) is 0 Å². The Morgan fingerprint density at radius 3 is 2.78 bits per heavy atom. The molecule has 0 aromatic carbocycles. The highest BCUT2D eigenvalue weighted by atomic mass is 19.1. The number of aliphatic hydroxyl groups excluding tert-OH is 1. The van der Waals surface area contributed by atoms with Crippen molar-refractivity contribution in [2.45, 2.75) is 12.5 Å². The Kier molecular flexibility index (Phi) is 3.94. The number of allylic oxidation sites excluding steroid dienone is 7. The van der Waals surface area contributed by atoms with Crippen LogP contribution >= 0.6 is 0 Å². The summed E-state index contributed by atoms with van der Waals surface area (Å²) in [5.74, 6) is 0.0526. The first kappa shape index (κ1) is 12.6. The molecule has 3 N–H and O–H groups in total. The second-order valence-electron chi connectivity index (χ2n) is 4.16. The first-order valence-corrected chi connectivity index (χ1v) is 5.81. The molecule has 0 amide bonds. The molecule has 0 spiro atoms. The molecule has 1 saturated heterocycles. The Bertz CT molecular complexity index is 454. The summed E-state index contributed by atoms with van der Waals surface area (Å²) in [5, 5.41) is 15.1. The summed E-state index contributed by atoms with van der Waals surface area (Å²) in [5.41, 5.74) is 0.459. The number of ketones is 1. The molecule has 0 saturated carbocycles. The van der Waals surface area contributed by atoms with Crippen LogP contribution in [0.4, 0.5) is 4.39 Å². The second kappa shape index (κ2) is 5.64. The zero-order valence-electron chi connectivity index (χ0n) is 9.82. The van der Waals surface area contributed by atoms with Gasteiger partial charge in [-0.1, -0.05) is 6.08 Å². The summed E-state index contributed by atoms with van der Waals surface area (Å²) in [4.78, 5) is 11.9. The van der Waals surface area contributed by atoms with Crippen molar-refractivity contribution in [2.75, 3.05) is 13.1 Å². The number of carbonyl (C=O) groups excluding carboxylic acids is 1. The summed E-state index contributed by atoms with van der Waals surface area (Å²) in [6.45, 7) is 0.828. The van der Waals surface area contributed by atoms with Gasteiger partial charge in [0.1, 0.15) is 11.6 Å². The molecule has 4 nitrogen and oxygen atoms in total. The summed E-state index contributed by atoms with van der Waals surface area (Å²) in [7, 11) is 0. The normalized spacial score (nSPS) is 23.2. The Morgan fingerprint density at radius 2 is 2.06 bits per heavy atom. The molecule has 1 fully saturated rings. The largest absolute Gasteiger partial charge is 0.389 e. The lowest BCUT2D eigenvalue weighted by Gasteiger charge is -2.23. The predicted octanol–water partition coefficient (Wildman–Crippen LogP) is 0.690. The van der Waals surface area contributed by atoms with Crippen molar-refractivity contribution < 1.29 is 14.3 Å². The number of rotatable bonds is 2. The van der Waals surface area contributed by atoms with Crippen molar-refractivity contribution in [2.24, 2.45) is 0 Å². The summed E-state index contributed by atoms with van der Waals surface area (Å²) in [6.07, 6.45) is 7.22. The van der Waals surface area contributed by atoms with Gasteiger partial charge in [-0.15, -0.1) is 0 Å². The third-order valence-electron chi connectivity index (χ3n) is 2.69. The molecule has 1 aliphatic carbocycles. The Labute approximate surface area is 105 Å². The van der Waals surface area contributed by atoms with Crippen molar-refractivity contribution in [3.05, 3.63) is 47.6 Å². The molecule has 0 aromatic heterocycles. The van der Waals surface area contributed by atoms with Crippen molar-refractivity contribution >= 4 is 5.78 Å². The standard InChI is InChI=1S/C13H15FN2O2/c14-10-3-1-2-9(4-5-10)12(18)6-13-15-7-11(17)8-16-13/h2-6,11,15-17H,1,7-8H2. The fourth-order valence-electron chi connectivity index (χ4n) is 1.69. The lowest BCUT2D eigenvalue weighted by Crippen LogP contribution is -2.45. The molecule has 2 aliphatic rings. The van der Waals surface area contributed by atoms with E-state index in [9.17, 15) is 14.3 Å². The van der Waals surface area contributed by atoms with E-state index in [0.29, 0.717) is 30.9 Å². The molecule has 0 aromatic rings. The van der Waals surface area contributed by atoms with Gasteiger partial charge in [-0.3, -0.25) is 4.79 Å². The van der Waals surface area contributed by atoms with Crippen LogP contribution in [0.5, 0.6) is 0 Å². The van der Waals surface area contributed by atoms with Crippen LogP contribution in [0.1, 0.15) is 6.42 Å². The number of halogens is 1. The van der Waals surface area contributed by atoms with Gasteiger partial charge in [-0.05, 0) is 24.6 Å². The molecular formula is C13H15FN2O2. The molecule has 96 valence electrons. The van der Waals surface area contributed by atoms with Crippen molar-refractivity contribution in [3.63, 3.8) is 0 Å². The van der Waals surface area contributed by atoms with Gasteiger partial charge in [0.05, 0.1) is 6.10 Å². The molecule has 5 heteroatoms. The second-order valence-corrected chi connectivity index (χ2v) is 4.16. The van der Waals surface area contributed by atoms with E-state index in [2.05, 4.69) is 10.6 Å². The average molecular weight is 250 g/mol. The van der Waals surface area contributed by atoms with Crippen LogP contribution in [0.15, 0.2) is 47.6 Å². The van der Waals surface area contributed by atoms with Gasteiger partial charge >= 0.3 is 0 Å². The lowest BCUT2D eigenvalue weighted by molar-refractivity contribution is -0.111. The van der Waals surface area contributed by atoms with Gasteiger partial charge in [0.15, 0.2) is 5.78 Å². The predicted molar refractivity (Wildman–Crippen MR) is 66.1 cm³/mol. The van der Waals surface area contributed by atoms with E-state index in [1.54, 1.807) is 6.08 Å². The molecule has 0 bridgehead atoms. The van der Waals surface area contributed by atoms with Gasteiger partial charge < -0.3 is 15.7 Å². The number of nitrogens with one attached hydrogen (secondary N) is 2. The molecule has 0 radical (unpaired) electrons. The Morgan fingerprint density at radius 1 is 1.33 bits per heavy atom. The minimum absolute atomic E-state index is 0.194. The van der Waals surface area contributed by atoms with Gasteiger partial charge in [0.2, 0.25) is 0 Å². The summed E-state index contributed by atoms with van der Waals surface area (Å²) >= 11 is 0. The van der Waals surface area contributed by atoms with Crippen LogP contribution in [0.2, 0.25) is 0 Å². The third-order valence-corrected chi connectivity index (χ3v) is 2.69. The summed E-state index contributed by atoms with van der Waals surface area (Å²) < 4.78 is 12.9. The molecular weight excluding hydrogens is 235 g/mol. The maximum atomic E-state index is 12.9. The third kappa shape index (κ3) is 3.30. The Hall–Kier alpha value is -1.88. The monoisotopic (exact) mass is 250 g/mol. The fraction of sp³-hybridized carbons (Fsp3) is 0.308. The van der Waals surface area contributed by atoms with Crippen LogP contribution in [0.3, 0.4) is 0 Å². The van der Waals surface area contributed by atoms with Crippen LogP contribution in [-0.4, -0.2) is 30.1 Å². The number of hydrogen-bond acceptors (Lipinski definition) is 4. The van der Waals surface area contributed by atoms with E-state index in [1.165, 1.54) is 24.3 Å². The average Bonchev–Trinajstić information content (AvgIpc) is 2.57. The number of aliphatic hydroxyl groups is 1. The minimum atomic E-state index is -0.451. The highest BCUT2D eigenvalue weighted by Gasteiger charge is 2.13. The van der Waals surface area contributed by atoms with E-state index in [0.717, 1.165) is 0 Å². The topological polar surface area (TPSA) is 61.4 Å². The van der Waals surface area contributed by atoms with Gasteiger partial charge in [-0.2, -0.15) is 0 Å². The maximum absolute atomic E-state index is 12.9. The minimum Gasteiger partial charge on any atom is -0.389 e. The van der Waals surface area contributed by atoms with E-state index >= 15 is 0 Å². The van der Waals surface area contributed by atoms with Crippen LogP contribution in [0, 0.1) is 0 Å². The quantitative estimate of drug-likeness (QED) is 0.631. The molecule has 1 heterocycles. The molecule has 1 aliphatic heterocycles. The fourth-order valence-corrected chi connectivity index (χ4v) is 1.69. The zero-order valence-corrected chi connectivity index (χ0v) is 9.82. The number of carbonyl (C=O) groups is 1.